The maximum absolute atomic E-state index is 12.4. The number of anilines is 1. The molecule has 2 atom stereocenters. The fourth-order valence-electron chi connectivity index (χ4n) is 3.51. The predicted molar refractivity (Wildman–Crippen MR) is 91.4 cm³/mol. The summed E-state index contributed by atoms with van der Waals surface area (Å²) in [6.45, 7) is 0.108. The van der Waals surface area contributed by atoms with Crippen LogP contribution in [0.2, 0.25) is 0 Å². The molecular formula is C18H18N4O3. The number of likely N-dealkylation sites (tertiary alicyclic amines) is 1. The summed E-state index contributed by atoms with van der Waals surface area (Å²) in [7, 11) is 0. The summed E-state index contributed by atoms with van der Waals surface area (Å²) in [6, 6.07) is 7.47. The van der Waals surface area contributed by atoms with E-state index >= 15 is 0 Å². The Balaban J connectivity index is 1.37. The van der Waals surface area contributed by atoms with Crippen LogP contribution in [0.4, 0.5) is 5.95 Å². The van der Waals surface area contributed by atoms with E-state index in [4.69, 9.17) is 0 Å². The molecule has 0 saturated carbocycles. The number of aromatic nitrogens is 2. The average Bonchev–Trinajstić information content (AvgIpc) is 3.13. The van der Waals surface area contributed by atoms with Crippen molar-refractivity contribution in [3.63, 3.8) is 0 Å². The van der Waals surface area contributed by atoms with Gasteiger partial charge in [0.05, 0.1) is 22.9 Å². The topological polar surface area (TPSA) is 95.2 Å². The van der Waals surface area contributed by atoms with Crippen molar-refractivity contribution in [2.45, 2.75) is 19.3 Å². The summed E-state index contributed by atoms with van der Waals surface area (Å²) in [5.74, 6) is -0.741. The number of imidazole rings is 1. The van der Waals surface area contributed by atoms with Crippen LogP contribution in [0.1, 0.15) is 19.3 Å². The van der Waals surface area contributed by atoms with Gasteiger partial charge in [-0.25, -0.2) is 4.98 Å². The smallest absolute Gasteiger partial charge is 0.233 e. The number of nitrogens with one attached hydrogen (secondary N) is 2. The third-order valence-electron chi connectivity index (χ3n) is 4.81. The zero-order chi connectivity index (χ0) is 17.4. The van der Waals surface area contributed by atoms with Crippen LogP contribution in [-0.4, -0.2) is 39.1 Å². The molecule has 0 bridgehead atoms. The van der Waals surface area contributed by atoms with Crippen LogP contribution in [0, 0.1) is 11.8 Å². The summed E-state index contributed by atoms with van der Waals surface area (Å²) in [6.07, 6.45) is 5.17. The molecule has 2 N–H and O–H groups in total. The molecule has 0 spiro atoms. The number of hydrogen-bond acceptors (Lipinski definition) is 4. The Morgan fingerprint density at radius 2 is 1.84 bits per heavy atom. The van der Waals surface area contributed by atoms with Crippen LogP contribution in [0.3, 0.4) is 0 Å². The van der Waals surface area contributed by atoms with Crippen LogP contribution >= 0.6 is 0 Å². The van der Waals surface area contributed by atoms with Gasteiger partial charge in [0.2, 0.25) is 23.7 Å². The molecular weight excluding hydrogens is 320 g/mol. The number of imide groups is 1. The van der Waals surface area contributed by atoms with Crippen LogP contribution in [-0.2, 0) is 14.4 Å². The molecule has 7 heteroatoms. The molecule has 1 saturated heterocycles. The van der Waals surface area contributed by atoms with Crippen LogP contribution in [0.25, 0.3) is 11.0 Å². The van der Waals surface area contributed by atoms with Crippen LogP contribution in [0.15, 0.2) is 36.4 Å². The summed E-state index contributed by atoms with van der Waals surface area (Å²) < 4.78 is 0. The van der Waals surface area contributed by atoms with Gasteiger partial charge in [-0.15, -0.1) is 0 Å². The molecule has 3 amide bonds. The number of benzene rings is 1. The zero-order valence-corrected chi connectivity index (χ0v) is 13.6. The van der Waals surface area contributed by atoms with E-state index in [1.807, 2.05) is 36.4 Å². The van der Waals surface area contributed by atoms with E-state index in [1.165, 1.54) is 4.90 Å². The zero-order valence-electron chi connectivity index (χ0n) is 13.6. The fourth-order valence-corrected chi connectivity index (χ4v) is 3.51. The van der Waals surface area contributed by atoms with Crippen LogP contribution in [0.5, 0.6) is 0 Å². The molecule has 1 fully saturated rings. The number of carbonyl (C=O) groups is 3. The maximum Gasteiger partial charge on any atom is 0.233 e. The van der Waals surface area contributed by atoms with Crippen molar-refractivity contribution in [1.82, 2.24) is 14.9 Å². The lowest BCUT2D eigenvalue weighted by atomic mass is 9.85. The van der Waals surface area contributed by atoms with Gasteiger partial charge in [0.15, 0.2) is 0 Å². The van der Waals surface area contributed by atoms with Gasteiger partial charge < -0.3 is 4.98 Å². The van der Waals surface area contributed by atoms with Gasteiger partial charge in [0.1, 0.15) is 0 Å². The molecule has 4 rings (SSSR count). The minimum Gasteiger partial charge on any atom is -0.324 e. The van der Waals surface area contributed by atoms with Crippen molar-refractivity contribution >= 4 is 34.7 Å². The van der Waals surface area contributed by atoms with Gasteiger partial charge in [0.25, 0.3) is 0 Å². The Hall–Kier alpha value is -2.96. The first-order valence-electron chi connectivity index (χ1n) is 8.38. The van der Waals surface area contributed by atoms with E-state index < -0.39 is 0 Å². The number of amides is 3. The Morgan fingerprint density at radius 3 is 2.52 bits per heavy atom. The van der Waals surface area contributed by atoms with Crippen molar-refractivity contribution in [2.75, 3.05) is 11.9 Å². The minimum absolute atomic E-state index is 0.0569. The fraction of sp³-hybridized carbons (Fsp3) is 0.333. The van der Waals surface area contributed by atoms with Crippen molar-refractivity contribution in [2.24, 2.45) is 11.8 Å². The third kappa shape index (κ3) is 2.82. The molecule has 1 aromatic carbocycles. The monoisotopic (exact) mass is 338 g/mol. The van der Waals surface area contributed by atoms with Crippen molar-refractivity contribution < 1.29 is 14.4 Å². The summed E-state index contributed by atoms with van der Waals surface area (Å²) in [4.78, 5) is 45.4. The number of H-pyrrole nitrogens is 1. The highest BCUT2D eigenvalue weighted by Gasteiger charge is 2.46. The van der Waals surface area contributed by atoms with E-state index in [0.29, 0.717) is 18.8 Å². The van der Waals surface area contributed by atoms with Gasteiger partial charge in [-0.3, -0.25) is 24.6 Å². The van der Waals surface area contributed by atoms with E-state index in [0.717, 1.165) is 11.0 Å². The second-order valence-corrected chi connectivity index (χ2v) is 6.38. The average molecular weight is 338 g/mol. The second kappa shape index (κ2) is 6.16. The minimum atomic E-state index is -0.285. The second-order valence-electron chi connectivity index (χ2n) is 6.38. The van der Waals surface area contributed by atoms with Gasteiger partial charge in [-0.2, -0.15) is 0 Å². The number of fused-ring (bicyclic) bond motifs is 2. The molecule has 1 aliphatic carbocycles. The van der Waals surface area contributed by atoms with Gasteiger partial charge in [-0.05, 0) is 25.0 Å². The highest BCUT2D eigenvalue weighted by atomic mass is 16.2. The van der Waals surface area contributed by atoms with Crippen molar-refractivity contribution in [1.29, 1.82) is 0 Å². The number of rotatable bonds is 4. The van der Waals surface area contributed by atoms with Gasteiger partial charge in [-0.1, -0.05) is 24.3 Å². The van der Waals surface area contributed by atoms with E-state index in [9.17, 15) is 14.4 Å². The molecule has 2 heterocycles. The van der Waals surface area contributed by atoms with Crippen molar-refractivity contribution in [3.8, 4) is 0 Å². The van der Waals surface area contributed by atoms with Crippen LogP contribution < -0.4 is 5.32 Å². The first kappa shape index (κ1) is 15.6. The Morgan fingerprint density at radius 1 is 1.16 bits per heavy atom. The SMILES string of the molecule is O=C(CCN1C(=O)[C@@H]2CC=CC[C@H]2C1=O)Nc1nc2ccccc2[nH]1. The van der Waals surface area contributed by atoms with Gasteiger partial charge >= 0.3 is 0 Å². The van der Waals surface area contributed by atoms with E-state index in [-0.39, 0.29) is 42.5 Å². The lowest BCUT2D eigenvalue weighted by Crippen LogP contribution is -2.34. The third-order valence-corrected chi connectivity index (χ3v) is 4.81. The lowest BCUT2D eigenvalue weighted by molar-refractivity contribution is -0.140. The summed E-state index contributed by atoms with van der Waals surface area (Å²) in [5, 5.41) is 2.68. The molecule has 7 nitrogen and oxygen atoms in total. The Bertz CT molecular complexity index is 826. The summed E-state index contributed by atoms with van der Waals surface area (Å²) >= 11 is 0. The van der Waals surface area contributed by atoms with E-state index in [2.05, 4.69) is 15.3 Å². The summed E-state index contributed by atoms with van der Waals surface area (Å²) in [5.41, 5.74) is 1.60. The Labute approximate surface area is 144 Å². The first-order chi connectivity index (χ1) is 12.1. The molecule has 2 aliphatic rings. The highest BCUT2D eigenvalue weighted by molar-refractivity contribution is 6.05. The number of para-hydroxylation sites is 2. The number of carbonyl (C=O) groups excluding carboxylic acids is 3. The molecule has 0 unspecified atom stereocenters. The Kier molecular flexibility index (Phi) is 3.83. The number of hydrogen-bond donors (Lipinski definition) is 2. The molecule has 0 radical (unpaired) electrons. The normalized spacial score (nSPS) is 22.5. The molecule has 2 aromatic rings. The lowest BCUT2D eigenvalue weighted by Gasteiger charge is -2.14. The van der Waals surface area contributed by atoms with Gasteiger partial charge in [0, 0.05) is 13.0 Å². The predicted octanol–water partition coefficient (Wildman–Crippen LogP) is 1.84. The molecule has 1 aliphatic heterocycles. The quantitative estimate of drug-likeness (QED) is 0.657. The maximum atomic E-state index is 12.4. The largest absolute Gasteiger partial charge is 0.324 e. The highest BCUT2D eigenvalue weighted by Crippen LogP contribution is 2.35. The molecule has 1 aromatic heterocycles. The van der Waals surface area contributed by atoms with E-state index in [1.54, 1.807) is 0 Å². The standard InChI is InChI=1S/C18H18N4O3/c23-15(21-18-19-13-7-3-4-8-14(13)20-18)9-10-22-16(24)11-5-1-2-6-12(11)17(22)25/h1-4,7-8,11-12H,5-6,9-10H2,(H2,19,20,21,23)/t11-,12-/m1/s1. The molecule has 25 heavy (non-hydrogen) atoms. The number of aromatic amines is 1. The molecule has 128 valence electrons. The number of allylic oxidation sites excluding steroid dienone is 2. The number of nitrogens with zero attached hydrogens (tertiary/aromatic N) is 2. The first-order valence-corrected chi connectivity index (χ1v) is 8.38. The van der Waals surface area contributed by atoms with Crippen molar-refractivity contribution in [3.05, 3.63) is 36.4 Å².